The summed E-state index contributed by atoms with van der Waals surface area (Å²) in [5, 5.41) is 0. The van der Waals surface area contributed by atoms with E-state index >= 15 is 0 Å². The van der Waals surface area contributed by atoms with Crippen LogP contribution in [0, 0.1) is 0 Å². The third-order valence-electron chi connectivity index (χ3n) is 2.79. The number of nitrogens with zero attached hydrogens (tertiary/aromatic N) is 1. The minimum absolute atomic E-state index is 0.0724. The maximum atomic E-state index is 11.9. The number of hydrogen-bond donors (Lipinski definition) is 0. The van der Waals surface area contributed by atoms with Crippen LogP contribution in [-0.4, -0.2) is 29.5 Å². The Morgan fingerprint density at radius 1 is 1.19 bits per heavy atom. The smallest absolute Gasteiger partial charge is 0.341 e. The SMILES string of the molecule is CN1C(=O)CC2(Oc3ccccc3O2)C1=O. The largest absolute Gasteiger partial charge is 0.440 e. The molecule has 1 saturated heterocycles. The van der Waals surface area contributed by atoms with Gasteiger partial charge >= 0.3 is 11.7 Å². The molecule has 3 rings (SSSR count). The highest BCUT2D eigenvalue weighted by molar-refractivity contribution is 6.07. The molecule has 0 radical (unpaired) electrons. The molecule has 2 heterocycles. The van der Waals surface area contributed by atoms with Crippen molar-refractivity contribution in [3.8, 4) is 11.5 Å². The molecule has 1 aromatic rings. The lowest BCUT2D eigenvalue weighted by atomic mass is 10.2. The van der Waals surface area contributed by atoms with Crippen molar-refractivity contribution in [3.63, 3.8) is 0 Å². The van der Waals surface area contributed by atoms with E-state index in [0.717, 1.165) is 4.90 Å². The van der Waals surface area contributed by atoms with E-state index < -0.39 is 11.7 Å². The molecular formula is C11H9NO4. The van der Waals surface area contributed by atoms with E-state index in [-0.39, 0.29) is 12.3 Å². The number of benzene rings is 1. The van der Waals surface area contributed by atoms with Crippen molar-refractivity contribution in [2.45, 2.75) is 12.2 Å². The summed E-state index contributed by atoms with van der Waals surface area (Å²) >= 11 is 0. The zero-order valence-electron chi connectivity index (χ0n) is 8.60. The lowest BCUT2D eigenvalue weighted by Gasteiger charge is -2.18. The lowest BCUT2D eigenvalue weighted by Crippen LogP contribution is -2.46. The van der Waals surface area contributed by atoms with Gasteiger partial charge in [0.05, 0.1) is 0 Å². The number of hydrogen-bond acceptors (Lipinski definition) is 4. The van der Waals surface area contributed by atoms with E-state index in [4.69, 9.17) is 9.47 Å². The van der Waals surface area contributed by atoms with Gasteiger partial charge < -0.3 is 9.47 Å². The molecule has 2 aliphatic rings. The Kier molecular flexibility index (Phi) is 1.58. The molecule has 5 heteroatoms. The summed E-state index contributed by atoms with van der Waals surface area (Å²) in [4.78, 5) is 24.3. The Hall–Kier alpha value is -2.04. The number of carbonyl (C=O) groups is 2. The summed E-state index contributed by atoms with van der Waals surface area (Å²) in [5.41, 5.74) is 0. The first-order valence-corrected chi connectivity index (χ1v) is 4.90. The highest BCUT2D eigenvalue weighted by Gasteiger charge is 2.58. The summed E-state index contributed by atoms with van der Waals surface area (Å²) in [6.45, 7) is 0. The number of para-hydroxylation sites is 2. The standard InChI is InChI=1S/C11H9NO4/c1-12-9(13)6-11(10(12)14)15-7-4-2-3-5-8(7)16-11/h2-5H,6H2,1H3. The quantitative estimate of drug-likeness (QED) is 0.598. The fourth-order valence-corrected chi connectivity index (χ4v) is 1.92. The molecule has 0 atom stereocenters. The highest BCUT2D eigenvalue weighted by Crippen LogP contribution is 2.43. The number of rotatable bonds is 0. The average molecular weight is 219 g/mol. The third-order valence-corrected chi connectivity index (χ3v) is 2.79. The number of amides is 2. The van der Waals surface area contributed by atoms with Crippen LogP contribution in [-0.2, 0) is 9.59 Å². The second-order valence-corrected chi connectivity index (χ2v) is 3.84. The molecule has 0 unspecified atom stereocenters. The molecule has 1 aromatic carbocycles. The first kappa shape index (κ1) is 9.21. The Morgan fingerprint density at radius 3 is 2.19 bits per heavy atom. The van der Waals surface area contributed by atoms with Gasteiger partial charge in [0.15, 0.2) is 11.5 Å². The molecule has 1 fully saturated rings. The molecule has 2 aliphatic heterocycles. The van der Waals surface area contributed by atoms with Gasteiger partial charge in [-0.25, -0.2) is 0 Å². The number of imide groups is 1. The van der Waals surface area contributed by atoms with Crippen molar-refractivity contribution in [2.75, 3.05) is 7.05 Å². The summed E-state index contributed by atoms with van der Waals surface area (Å²) < 4.78 is 10.9. The predicted octanol–water partition coefficient (Wildman–Crippen LogP) is 0.543. The van der Waals surface area contributed by atoms with E-state index in [0.29, 0.717) is 11.5 Å². The summed E-state index contributed by atoms with van der Waals surface area (Å²) in [5.74, 6) is -1.21. The van der Waals surface area contributed by atoms with Crippen LogP contribution in [0.2, 0.25) is 0 Å². The minimum atomic E-state index is -1.46. The fourth-order valence-electron chi connectivity index (χ4n) is 1.92. The molecule has 82 valence electrons. The van der Waals surface area contributed by atoms with Gasteiger partial charge in [-0.1, -0.05) is 12.1 Å². The first-order valence-electron chi connectivity index (χ1n) is 4.90. The maximum absolute atomic E-state index is 11.9. The first-order chi connectivity index (χ1) is 7.62. The minimum Gasteiger partial charge on any atom is -0.440 e. The van der Waals surface area contributed by atoms with Gasteiger partial charge in [-0.2, -0.15) is 0 Å². The summed E-state index contributed by atoms with van der Waals surface area (Å²) in [6, 6.07) is 6.98. The van der Waals surface area contributed by atoms with Crippen molar-refractivity contribution in [1.82, 2.24) is 4.90 Å². The zero-order chi connectivity index (χ0) is 11.3. The molecule has 16 heavy (non-hydrogen) atoms. The number of likely N-dealkylation sites (tertiary alicyclic amines) is 1. The molecular weight excluding hydrogens is 210 g/mol. The van der Waals surface area contributed by atoms with E-state index in [2.05, 4.69) is 0 Å². The third kappa shape index (κ3) is 0.997. The molecule has 0 aromatic heterocycles. The maximum Gasteiger partial charge on any atom is 0.341 e. The van der Waals surface area contributed by atoms with E-state index in [9.17, 15) is 9.59 Å². The fraction of sp³-hybridized carbons (Fsp3) is 0.273. The van der Waals surface area contributed by atoms with Crippen LogP contribution < -0.4 is 9.47 Å². The van der Waals surface area contributed by atoms with Gasteiger partial charge in [0.1, 0.15) is 6.42 Å². The second-order valence-electron chi connectivity index (χ2n) is 3.84. The van der Waals surface area contributed by atoms with Gasteiger partial charge in [0.2, 0.25) is 5.91 Å². The van der Waals surface area contributed by atoms with Gasteiger partial charge in [0.25, 0.3) is 0 Å². The molecule has 0 N–H and O–H groups in total. The van der Waals surface area contributed by atoms with Crippen LogP contribution in [0.25, 0.3) is 0 Å². The van der Waals surface area contributed by atoms with E-state index in [1.165, 1.54) is 7.05 Å². The van der Waals surface area contributed by atoms with Crippen molar-refractivity contribution in [3.05, 3.63) is 24.3 Å². The summed E-state index contributed by atoms with van der Waals surface area (Å²) in [7, 11) is 1.43. The second kappa shape index (κ2) is 2.75. The zero-order valence-corrected chi connectivity index (χ0v) is 8.60. The predicted molar refractivity (Wildman–Crippen MR) is 52.8 cm³/mol. The number of likely N-dealkylation sites (N-methyl/N-ethyl adjacent to an activating group) is 1. The molecule has 5 nitrogen and oxygen atoms in total. The molecule has 0 bridgehead atoms. The normalized spacial score (nSPS) is 20.9. The van der Waals surface area contributed by atoms with Crippen LogP contribution >= 0.6 is 0 Å². The van der Waals surface area contributed by atoms with Crippen molar-refractivity contribution >= 4 is 11.8 Å². The Balaban J connectivity index is 2.01. The van der Waals surface area contributed by atoms with E-state index in [1.807, 2.05) is 0 Å². The number of ether oxygens (including phenoxy) is 2. The average Bonchev–Trinajstić information content (AvgIpc) is 2.73. The topological polar surface area (TPSA) is 55.8 Å². The monoisotopic (exact) mass is 219 g/mol. The van der Waals surface area contributed by atoms with Crippen LogP contribution in [0.1, 0.15) is 6.42 Å². The number of carbonyl (C=O) groups excluding carboxylic acids is 2. The van der Waals surface area contributed by atoms with Gasteiger partial charge in [-0.05, 0) is 12.1 Å². The summed E-state index contributed by atoms with van der Waals surface area (Å²) in [6.07, 6.45) is -0.0724. The van der Waals surface area contributed by atoms with Crippen molar-refractivity contribution in [1.29, 1.82) is 0 Å². The molecule has 0 aliphatic carbocycles. The van der Waals surface area contributed by atoms with Crippen LogP contribution in [0.15, 0.2) is 24.3 Å². The Bertz CT molecular complexity index is 472. The van der Waals surface area contributed by atoms with Gasteiger partial charge in [-0.3, -0.25) is 14.5 Å². The van der Waals surface area contributed by atoms with E-state index in [1.54, 1.807) is 24.3 Å². The van der Waals surface area contributed by atoms with Gasteiger partial charge in [0, 0.05) is 7.05 Å². The van der Waals surface area contributed by atoms with Gasteiger partial charge in [-0.15, -0.1) is 0 Å². The molecule has 1 spiro atoms. The number of fused-ring (bicyclic) bond motifs is 1. The van der Waals surface area contributed by atoms with Crippen molar-refractivity contribution in [2.24, 2.45) is 0 Å². The van der Waals surface area contributed by atoms with Crippen LogP contribution in [0.5, 0.6) is 11.5 Å². The van der Waals surface area contributed by atoms with Crippen LogP contribution in [0.4, 0.5) is 0 Å². The Morgan fingerprint density at radius 2 is 1.75 bits per heavy atom. The van der Waals surface area contributed by atoms with Crippen molar-refractivity contribution < 1.29 is 19.1 Å². The molecule has 0 saturated carbocycles. The Labute approximate surface area is 91.6 Å². The highest BCUT2D eigenvalue weighted by atomic mass is 16.7. The lowest BCUT2D eigenvalue weighted by molar-refractivity contribution is -0.157. The van der Waals surface area contributed by atoms with Crippen LogP contribution in [0.3, 0.4) is 0 Å². The molecule has 2 amide bonds.